The van der Waals surface area contributed by atoms with E-state index in [4.69, 9.17) is 24.4 Å². The molecule has 0 atom stereocenters. The SMILES string of the molecule is N#Cc1ccc2[nH]c(O)c(-c3ccc(CN4CCOCC4)cn3)c2c1.O=[P+](O)O. The molecule has 0 amide bonds. The molecule has 0 radical (unpaired) electrons. The molecule has 1 aliphatic heterocycles. The van der Waals surface area contributed by atoms with Crippen molar-refractivity contribution in [1.82, 2.24) is 14.9 Å². The number of nitrogens with one attached hydrogen (secondary N) is 1. The van der Waals surface area contributed by atoms with Gasteiger partial charge in [0.25, 0.3) is 0 Å². The molecule has 29 heavy (non-hydrogen) atoms. The highest BCUT2D eigenvalue weighted by atomic mass is 31.1. The number of hydrogen-bond donors (Lipinski definition) is 4. The number of ether oxygens (including phenoxy) is 1. The first-order valence-corrected chi connectivity index (χ1v) is 9.99. The summed E-state index contributed by atoms with van der Waals surface area (Å²) in [7, 11) is -2.87. The van der Waals surface area contributed by atoms with E-state index in [9.17, 15) is 5.11 Å². The Balaban J connectivity index is 0.000000552. The Morgan fingerprint density at radius 3 is 2.59 bits per heavy atom. The van der Waals surface area contributed by atoms with Crippen LogP contribution >= 0.6 is 8.25 Å². The van der Waals surface area contributed by atoms with E-state index in [1.54, 1.807) is 18.2 Å². The van der Waals surface area contributed by atoms with Crippen molar-refractivity contribution in [2.45, 2.75) is 6.54 Å². The second kappa shape index (κ2) is 9.56. The van der Waals surface area contributed by atoms with Gasteiger partial charge in [0.15, 0.2) is 5.88 Å². The van der Waals surface area contributed by atoms with Gasteiger partial charge in [-0.05, 0) is 29.8 Å². The van der Waals surface area contributed by atoms with Gasteiger partial charge in [-0.3, -0.25) is 9.88 Å². The van der Waals surface area contributed by atoms with Crippen LogP contribution in [0.1, 0.15) is 11.1 Å². The van der Waals surface area contributed by atoms with Gasteiger partial charge in [-0.25, -0.2) is 0 Å². The van der Waals surface area contributed by atoms with Crippen molar-refractivity contribution in [3.63, 3.8) is 0 Å². The number of benzene rings is 1. The van der Waals surface area contributed by atoms with Crippen LogP contribution in [0.4, 0.5) is 0 Å². The smallest absolute Gasteiger partial charge is 0.494 e. The van der Waals surface area contributed by atoms with Crippen molar-refractivity contribution in [2.24, 2.45) is 0 Å². The molecule has 3 aromatic rings. The summed E-state index contributed by atoms with van der Waals surface area (Å²) >= 11 is 0. The third-order valence-electron chi connectivity index (χ3n) is 4.50. The number of nitrogens with zero attached hydrogens (tertiary/aromatic N) is 3. The minimum atomic E-state index is -2.87. The van der Waals surface area contributed by atoms with Crippen molar-refractivity contribution in [2.75, 3.05) is 26.3 Å². The van der Waals surface area contributed by atoms with Gasteiger partial charge in [0.2, 0.25) is 0 Å². The summed E-state index contributed by atoms with van der Waals surface area (Å²) in [6.07, 6.45) is 1.84. The summed E-state index contributed by atoms with van der Waals surface area (Å²) in [5, 5.41) is 20.2. The summed E-state index contributed by atoms with van der Waals surface area (Å²) in [5.74, 6) is 0.0681. The van der Waals surface area contributed by atoms with Crippen LogP contribution in [0.3, 0.4) is 0 Å². The van der Waals surface area contributed by atoms with Gasteiger partial charge < -0.3 is 14.8 Å². The van der Waals surface area contributed by atoms with Crippen molar-refractivity contribution in [1.29, 1.82) is 5.26 Å². The number of aromatic nitrogens is 2. The third kappa shape index (κ3) is 5.35. The van der Waals surface area contributed by atoms with Crippen molar-refractivity contribution in [3.05, 3.63) is 47.7 Å². The van der Waals surface area contributed by atoms with E-state index in [0.29, 0.717) is 16.8 Å². The van der Waals surface area contributed by atoms with E-state index in [-0.39, 0.29) is 5.88 Å². The van der Waals surface area contributed by atoms with Crippen molar-refractivity contribution < 1.29 is 24.2 Å². The highest BCUT2D eigenvalue weighted by molar-refractivity contribution is 7.30. The number of aromatic hydroxyl groups is 1. The fourth-order valence-electron chi connectivity index (χ4n) is 3.19. The summed E-state index contributed by atoms with van der Waals surface area (Å²) in [4.78, 5) is 24.1. The highest BCUT2D eigenvalue weighted by Crippen LogP contribution is 2.36. The first-order chi connectivity index (χ1) is 14.0. The van der Waals surface area contributed by atoms with E-state index < -0.39 is 8.25 Å². The minimum Gasteiger partial charge on any atom is -0.494 e. The molecule has 1 aromatic carbocycles. The largest absolute Gasteiger partial charge is 0.692 e. The van der Waals surface area contributed by atoms with Crippen molar-refractivity contribution in [3.8, 4) is 23.2 Å². The van der Waals surface area contributed by atoms with E-state index in [1.165, 1.54) is 0 Å². The van der Waals surface area contributed by atoms with Gasteiger partial charge in [0, 0.05) is 41.3 Å². The van der Waals surface area contributed by atoms with Crippen LogP contribution in [-0.2, 0) is 15.8 Å². The summed E-state index contributed by atoms with van der Waals surface area (Å²) in [6, 6.07) is 11.4. The van der Waals surface area contributed by atoms with Gasteiger partial charge in [-0.15, -0.1) is 9.79 Å². The number of morpholine rings is 1. The van der Waals surface area contributed by atoms with E-state index in [1.807, 2.05) is 18.3 Å². The second-order valence-electron chi connectivity index (χ2n) is 6.41. The minimum absolute atomic E-state index is 0.0681. The molecular formula is C19H20N4O5P+. The lowest BCUT2D eigenvalue weighted by Gasteiger charge is -2.26. The number of rotatable bonds is 3. The molecule has 0 aliphatic carbocycles. The predicted molar refractivity (Wildman–Crippen MR) is 106 cm³/mol. The number of fused-ring (bicyclic) bond motifs is 1. The average Bonchev–Trinajstić information content (AvgIpc) is 3.04. The molecule has 1 fully saturated rings. The lowest BCUT2D eigenvalue weighted by Crippen LogP contribution is -2.35. The molecule has 1 saturated heterocycles. The quantitative estimate of drug-likeness (QED) is 0.477. The Morgan fingerprint density at radius 1 is 1.24 bits per heavy atom. The van der Waals surface area contributed by atoms with Crippen LogP contribution in [0.5, 0.6) is 5.88 Å². The highest BCUT2D eigenvalue weighted by Gasteiger charge is 2.15. The summed E-state index contributed by atoms with van der Waals surface area (Å²) in [5.41, 5.74) is 3.78. The molecule has 3 heterocycles. The zero-order chi connectivity index (χ0) is 20.8. The van der Waals surface area contributed by atoms with Crippen LogP contribution in [-0.4, -0.2) is 56.1 Å². The van der Waals surface area contributed by atoms with Gasteiger partial charge >= 0.3 is 8.25 Å². The zero-order valence-electron chi connectivity index (χ0n) is 15.4. The van der Waals surface area contributed by atoms with Gasteiger partial charge in [-0.2, -0.15) is 5.26 Å². The molecule has 2 aromatic heterocycles. The molecular weight excluding hydrogens is 395 g/mol. The van der Waals surface area contributed by atoms with E-state index in [0.717, 1.165) is 49.3 Å². The van der Waals surface area contributed by atoms with Gasteiger partial charge in [-0.1, -0.05) is 6.07 Å². The fourth-order valence-corrected chi connectivity index (χ4v) is 3.19. The number of H-pyrrole nitrogens is 1. The first-order valence-electron chi connectivity index (χ1n) is 8.83. The molecule has 9 nitrogen and oxygen atoms in total. The van der Waals surface area contributed by atoms with Crippen LogP contribution < -0.4 is 0 Å². The molecule has 10 heteroatoms. The predicted octanol–water partition coefficient (Wildman–Crippen LogP) is 2.27. The molecule has 0 bridgehead atoms. The molecule has 1 aliphatic rings. The second-order valence-corrected chi connectivity index (χ2v) is 6.92. The molecule has 4 rings (SSSR count). The summed E-state index contributed by atoms with van der Waals surface area (Å²) < 4.78 is 14.1. The Bertz CT molecular complexity index is 1040. The Morgan fingerprint density at radius 2 is 1.97 bits per heavy atom. The molecule has 0 saturated carbocycles. The maximum atomic E-state index is 10.3. The average molecular weight is 415 g/mol. The zero-order valence-corrected chi connectivity index (χ0v) is 16.3. The number of hydrogen-bond acceptors (Lipinski definition) is 6. The van der Waals surface area contributed by atoms with E-state index in [2.05, 4.69) is 20.9 Å². The normalized spacial score (nSPS) is 14.1. The van der Waals surface area contributed by atoms with Crippen LogP contribution in [0, 0.1) is 11.3 Å². The number of nitriles is 1. The molecule has 150 valence electrons. The van der Waals surface area contributed by atoms with Crippen LogP contribution in [0.25, 0.3) is 22.2 Å². The van der Waals surface area contributed by atoms with Crippen molar-refractivity contribution >= 4 is 19.2 Å². The summed E-state index contributed by atoms with van der Waals surface area (Å²) in [6.45, 7) is 4.25. The first kappa shape index (κ1) is 20.9. The Kier molecular flexibility index (Phi) is 6.88. The maximum absolute atomic E-state index is 10.3. The lowest BCUT2D eigenvalue weighted by molar-refractivity contribution is 0.0341. The van der Waals surface area contributed by atoms with Crippen LogP contribution in [0.15, 0.2) is 36.5 Å². The number of aromatic amines is 1. The Labute approximate surface area is 167 Å². The van der Waals surface area contributed by atoms with E-state index >= 15 is 0 Å². The molecule has 4 N–H and O–H groups in total. The molecule has 0 unspecified atom stereocenters. The monoisotopic (exact) mass is 415 g/mol. The topological polar surface area (TPSA) is 143 Å². The standard InChI is InChI=1S/C19H18N4O2.HO3P/c20-10-13-1-3-16-15(9-13)18(19(24)22-16)17-4-2-14(11-21-17)12-23-5-7-25-8-6-23;1-4(2)3/h1-4,9,11,22,24H,5-8,12H2;(H-,1,2,3)/p+1. The lowest BCUT2D eigenvalue weighted by atomic mass is 10.1. The van der Waals surface area contributed by atoms with Crippen LogP contribution in [0.2, 0.25) is 0 Å². The number of pyridine rings is 1. The van der Waals surface area contributed by atoms with Gasteiger partial charge in [0.1, 0.15) is 0 Å². The third-order valence-corrected chi connectivity index (χ3v) is 4.50. The fraction of sp³-hybridized carbons (Fsp3) is 0.263. The molecule has 0 spiro atoms. The Hall–Kier alpha value is -2.86. The van der Waals surface area contributed by atoms with Gasteiger partial charge in [0.05, 0.1) is 36.1 Å². The maximum Gasteiger partial charge on any atom is 0.692 e.